The van der Waals surface area contributed by atoms with Gasteiger partial charge in [0.1, 0.15) is 12.0 Å². The molecular formula is C26H32N4O5. The molecule has 0 atom stereocenters. The van der Waals surface area contributed by atoms with Crippen LogP contribution in [0.5, 0.6) is 5.75 Å². The number of carbonyl (C=O) groups excluding carboxylic acids is 2. The molecule has 1 aromatic carbocycles. The van der Waals surface area contributed by atoms with Gasteiger partial charge in [0, 0.05) is 37.6 Å². The number of aryl methyl sites for hydroxylation is 2. The lowest BCUT2D eigenvalue weighted by atomic mass is 10.0. The first-order valence-electron chi connectivity index (χ1n) is 12.1. The van der Waals surface area contributed by atoms with Crippen molar-refractivity contribution in [2.45, 2.75) is 39.2 Å². The Labute approximate surface area is 203 Å². The molecule has 9 nitrogen and oxygen atoms in total. The fraction of sp³-hybridized carbons (Fsp3) is 0.423. The Hall–Kier alpha value is -3.59. The minimum Gasteiger partial charge on any atom is -0.491 e. The predicted molar refractivity (Wildman–Crippen MR) is 133 cm³/mol. The smallest absolute Gasteiger partial charge is 0.272 e. The number of hydrogen-bond donors (Lipinski definition) is 2. The Morgan fingerprint density at radius 1 is 1.14 bits per heavy atom. The van der Waals surface area contributed by atoms with E-state index in [2.05, 4.69) is 5.32 Å². The summed E-state index contributed by atoms with van der Waals surface area (Å²) in [5, 5.41) is 12.5. The van der Waals surface area contributed by atoms with Crippen LogP contribution in [0.4, 0.5) is 0 Å². The fourth-order valence-corrected chi connectivity index (χ4v) is 4.80. The molecule has 0 bridgehead atoms. The Bertz CT molecular complexity index is 1290. The van der Waals surface area contributed by atoms with Crippen LogP contribution in [0.25, 0.3) is 16.6 Å². The molecule has 3 heterocycles. The van der Waals surface area contributed by atoms with Crippen LogP contribution in [0.3, 0.4) is 0 Å². The van der Waals surface area contributed by atoms with Crippen molar-refractivity contribution in [3.05, 3.63) is 58.1 Å². The van der Waals surface area contributed by atoms with Crippen LogP contribution in [0.15, 0.2) is 41.2 Å². The number of para-hydroxylation sites is 1. The van der Waals surface area contributed by atoms with E-state index in [1.54, 1.807) is 21.1 Å². The van der Waals surface area contributed by atoms with Crippen LogP contribution in [-0.2, 0) is 18.3 Å². The molecule has 2 N–H and O–H groups in total. The summed E-state index contributed by atoms with van der Waals surface area (Å²) in [5.41, 5.74) is 2.33. The van der Waals surface area contributed by atoms with E-state index in [1.807, 2.05) is 50.2 Å². The number of hydrogen-bond acceptors (Lipinski definition) is 5. The number of aliphatic hydroxyl groups excluding tert-OH is 1. The average Bonchev–Trinajstić information content (AvgIpc) is 3.16. The first-order valence-corrected chi connectivity index (χ1v) is 12.1. The Balaban J connectivity index is 1.75. The number of ether oxygens (including phenoxy) is 1. The van der Waals surface area contributed by atoms with Gasteiger partial charge in [0.05, 0.1) is 12.1 Å². The maximum Gasteiger partial charge on any atom is 0.272 e. The first-order chi connectivity index (χ1) is 16.9. The largest absolute Gasteiger partial charge is 0.491 e. The number of aliphatic hydroxyl groups is 1. The van der Waals surface area contributed by atoms with E-state index in [1.165, 1.54) is 0 Å². The molecule has 1 fully saturated rings. The Morgan fingerprint density at radius 3 is 2.43 bits per heavy atom. The maximum atomic E-state index is 13.8. The number of amides is 2. The van der Waals surface area contributed by atoms with Crippen molar-refractivity contribution in [3.8, 4) is 11.4 Å². The zero-order valence-corrected chi connectivity index (χ0v) is 20.4. The minimum atomic E-state index is -0.509. The molecular weight excluding hydrogens is 448 g/mol. The van der Waals surface area contributed by atoms with Crippen LogP contribution in [0.2, 0.25) is 0 Å². The molecule has 0 radical (unpaired) electrons. The van der Waals surface area contributed by atoms with Gasteiger partial charge < -0.3 is 24.6 Å². The lowest BCUT2D eigenvalue weighted by Crippen LogP contribution is -2.47. The molecule has 186 valence electrons. The van der Waals surface area contributed by atoms with E-state index in [0.29, 0.717) is 55.6 Å². The second-order valence-electron chi connectivity index (χ2n) is 8.68. The van der Waals surface area contributed by atoms with E-state index in [4.69, 9.17) is 9.84 Å². The van der Waals surface area contributed by atoms with E-state index in [9.17, 15) is 14.4 Å². The molecule has 0 saturated carbocycles. The van der Waals surface area contributed by atoms with Crippen LogP contribution < -0.4 is 15.6 Å². The second kappa shape index (κ2) is 10.4. The van der Waals surface area contributed by atoms with Crippen molar-refractivity contribution in [1.82, 2.24) is 19.4 Å². The van der Waals surface area contributed by atoms with Crippen LogP contribution in [0.1, 0.15) is 42.9 Å². The van der Waals surface area contributed by atoms with Crippen molar-refractivity contribution in [1.29, 1.82) is 0 Å². The zero-order chi connectivity index (χ0) is 25.1. The summed E-state index contributed by atoms with van der Waals surface area (Å²) < 4.78 is 9.33. The molecule has 2 amide bonds. The summed E-state index contributed by atoms with van der Waals surface area (Å²) in [5.74, 6) is -0.334. The molecule has 1 saturated heterocycles. The third-order valence-corrected chi connectivity index (χ3v) is 6.60. The molecule has 9 heteroatoms. The quantitative estimate of drug-likeness (QED) is 0.538. The number of rotatable bonds is 7. The highest BCUT2D eigenvalue weighted by Gasteiger charge is 2.29. The summed E-state index contributed by atoms with van der Waals surface area (Å²) in [4.78, 5) is 40.6. The standard InChI is InChI=1S/C26H32N4O5/c1-4-18-15-20-22(26(34)30(18)19-9-7-6-8-10-19)24(35-5-2)23(28(20)3)25(33)27-17-11-13-29(14-12-17)21(32)16-31/h6-10,15,17,31H,4-5,11-14,16H2,1-3H3,(H,27,33). The topological polar surface area (TPSA) is 106 Å². The number of piperidine rings is 1. The van der Waals surface area contributed by atoms with Crippen molar-refractivity contribution >= 4 is 22.7 Å². The van der Waals surface area contributed by atoms with Gasteiger partial charge in [0.2, 0.25) is 5.91 Å². The van der Waals surface area contributed by atoms with Gasteiger partial charge in [-0.1, -0.05) is 25.1 Å². The Morgan fingerprint density at radius 2 is 1.83 bits per heavy atom. The van der Waals surface area contributed by atoms with Crippen molar-refractivity contribution < 1.29 is 19.4 Å². The number of aromatic nitrogens is 2. The number of fused-ring (bicyclic) bond motifs is 1. The number of pyridine rings is 1. The fourth-order valence-electron chi connectivity index (χ4n) is 4.80. The zero-order valence-electron chi connectivity index (χ0n) is 20.4. The van der Waals surface area contributed by atoms with Crippen molar-refractivity contribution in [3.63, 3.8) is 0 Å². The highest BCUT2D eigenvalue weighted by Crippen LogP contribution is 2.32. The van der Waals surface area contributed by atoms with Crippen LogP contribution >= 0.6 is 0 Å². The molecule has 4 rings (SSSR count). The Kier molecular flexibility index (Phi) is 7.25. The predicted octanol–water partition coefficient (Wildman–Crippen LogP) is 2.00. The lowest BCUT2D eigenvalue weighted by Gasteiger charge is -2.32. The van der Waals surface area contributed by atoms with Gasteiger partial charge in [0.15, 0.2) is 11.4 Å². The van der Waals surface area contributed by atoms with Gasteiger partial charge >= 0.3 is 0 Å². The summed E-state index contributed by atoms with van der Waals surface area (Å²) in [6.45, 7) is 4.56. The number of nitrogens with one attached hydrogen (secondary N) is 1. The summed E-state index contributed by atoms with van der Waals surface area (Å²) in [6.07, 6.45) is 1.82. The number of carbonyl (C=O) groups is 2. The van der Waals surface area contributed by atoms with Gasteiger partial charge in [-0.05, 0) is 44.4 Å². The molecule has 0 spiro atoms. The second-order valence-corrected chi connectivity index (χ2v) is 8.68. The van der Waals surface area contributed by atoms with E-state index in [0.717, 1.165) is 11.4 Å². The third kappa shape index (κ3) is 4.55. The van der Waals surface area contributed by atoms with E-state index >= 15 is 0 Å². The maximum absolute atomic E-state index is 13.8. The molecule has 1 aliphatic rings. The molecule has 0 aliphatic carbocycles. The van der Waals surface area contributed by atoms with Crippen molar-refractivity contribution in [2.75, 3.05) is 26.3 Å². The van der Waals surface area contributed by atoms with Crippen molar-refractivity contribution in [2.24, 2.45) is 7.05 Å². The molecule has 0 unspecified atom stereocenters. The van der Waals surface area contributed by atoms with E-state index in [-0.39, 0.29) is 29.2 Å². The number of likely N-dealkylation sites (tertiary alicyclic amines) is 1. The minimum absolute atomic E-state index is 0.120. The summed E-state index contributed by atoms with van der Waals surface area (Å²) in [7, 11) is 1.77. The summed E-state index contributed by atoms with van der Waals surface area (Å²) in [6, 6.07) is 11.3. The third-order valence-electron chi connectivity index (χ3n) is 6.60. The average molecular weight is 481 g/mol. The molecule has 1 aliphatic heterocycles. The lowest BCUT2D eigenvalue weighted by molar-refractivity contribution is -0.135. The van der Waals surface area contributed by atoms with Crippen LogP contribution in [-0.4, -0.2) is 63.3 Å². The van der Waals surface area contributed by atoms with Crippen LogP contribution in [0, 0.1) is 0 Å². The highest BCUT2D eigenvalue weighted by molar-refractivity contribution is 6.04. The first kappa shape index (κ1) is 24.5. The van der Waals surface area contributed by atoms with Gasteiger partial charge in [0.25, 0.3) is 11.5 Å². The normalized spacial score (nSPS) is 14.3. The SMILES string of the molecule is CCOc1c(C(=O)NC2CCN(C(=O)CO)CC2)n(C)c2cc(CC)n(-c3ccccc3)c(=O)c12. The summed E-state index contributed by atoms with van der Waals surface area (Å²) >= 11 is 0. The number of nitrogens with zero attached hydrogens (tertiary/aromatic N) is 3. The van der Waals surface area contributed by atoms with Gasteiger partial charge in [-0.25, -0.2) is 0 Å². The van der Waals surface area contributed by atoms with Gasteiger partial charge in [-0.3, -0.25) is 19.0 Å². The highest BCUT2D eigenvalue weighted by atomic mass is 16.5. The molecule has 2 aromatic heterocycles. The molecule has 35 heavy (non-hydrogen) atoms. The number of benzene rings is 1. The van der Waals surface area contributed by atoms with E-state index < -0.39 is 6.61 Å². The van der Waals surface area contributed by atoms with Gasteiger partial charge in [-0.2, -0.15) is 0 Å². The monoisotopic (exact) mass is 480 g/mol. The molecule has 3 aromatic rings. The van der Waals surface area contributed by atoms with Gasteiger partial charge in [-0.15, -0.1) is 0 Å².